The highest BCUT2D eigenvalue weighted by molar-refractivity contribution is 5.87. The molecule has 2 amide bonds. The first kappa shape index (κ1) is 16.1. The van der Waals surface area contributed by atoms with Gasteiger partial charge in [0, 0.05) is 13.0 Å². The van der Waals surface area contributed by atoms with Crippen molar-refractivity contribution in [2.24, 2.45) is 5.73 Å². The zero-order valence-corrected chi connectivity index (χ0v) is 11.6. The lowest BCUT2D eigenvalue weighted by molar-refractivity contribution is -0.134. The van der Waals surface area contributed by atoms with Crippen molar-refractivity contribution in [2.45, 2.75) is 32.2 Å². The van der Waals surface area contributed by atoms with E-state index in [4.69, 9.17) is 10.9 Å². The number of rotatable bonds is 7. The third-order valence-electron chi connectivity index (χ3n) is 2.99. The van der Waals surface area contributed by atoms with E-state index in [9.17, 15) is 9.59 Å². The van der Waals surface area contributed by atoms with Gasteiger partial charge in [-0.05, 0) is 25.3 Å². The average molecular weight is 279 g/mol. The maximum Gasteiger partial charge on any atom is 0.267 e. The fourth-order valence-electron chi connectivity index (χ4n) is 1.78. The molecule has 1 aromatic rings. The maximum absolute atomic E-state index is 11.6. The van der Waals surface area contributed by atoms with E-state index in [0.29, 0.717) is 12.8 Å². The normalized spacial score (nSPS) is 11.8. The van der Waals surface area contributed by atoms with Crippen LogP contribution in [-0.4, -0.2) is 29.6 Å². The highest BCUT2D eigenvalue weighted by atomic mass is 16.5. The largest absolute Gasteiger partial charge is 0.343 e. The Bertz CT molecular complexity index is 445. The molecule has 1 unspecified atom stereocenters. The van der Waals surface area contributed by atoms with Gasteiger partial charge in [0.05, 0.1) is 0 Å². The van der Waals surface area contributed by atoms with Gasteiger partial charge >= 0.3 is 0 Å². The number of aryl methyl sites for hydroxylation is 2. The Kier molecular flexibility index (Phi) is 6.69. The molecule has 1 aromatic carbocycles. The second kappa shape index (κ2) is 8.29. The Balaban J connectivity index is 2.32. The molecule has 0 saturated heterocycles. The number of nitrogens with two attached hydrogens (primary N) is 1. The molecule has 0 aromatic heterocycles. The van der Waals surface area contributed by atoms with Crippen molar-refractivity contribution in [2.75, 3.05) is 6.54 Å². The summed E-state index contributed by atoms with van der Waals surface area (Å²) in [5.74, 6) is -0.962. The van der Waals surface area contributed by atoms with E-state index in [1.165, 1.54) is 16.6 Å². The summed E-state index contributed by atoms with van der Waals surface area (Å²) in [6, 6.07) is 7.24. The van der Waals surface area contributed by atoms with Crippen molar-refractivity contribution in [3.63, 3.8) is 0 Å². The van der Waals surface area contributed by atoms with E-state index in [1.807, 2.05) is 31.2 Å². The molecule has 0 aliphatic heterocycles. The zero-order chi connectivity index (χ0) is 15.0. The van der Waals surface area contributed by atoms with Crippen LogP contribution >= 0.6 is 0 Å². The van der Waals surface area contributed by atoms with Crippen molar-refractivity contribution in [1.29, 1.82) is 0 Å². The van der Waals surface area contributed by atoms with Crippen LogP contribution in [0, 0.1) is 6.92 Å². The van der Waals surface area contributed by atoms with Crippen molar-refractivity contribution in [3.05, 3.63) is 35.4 Å². The van der Waals surface area contributed by atoms with Gasteiger partial charge in [0.2, 0.25) is 5.91 Å². The standard InChI is InChI=1S/C14H21N3O3/c1-10-5-7-11(8-6-10)3-2-4-13(18)16-12(9-15)14(19)17-20/h5-8,12,20H,2-4,9,15H2,1H3,(H,16,18)(H,17,19). The number of hydroxylamine groups is 1. The molecular weight excluding hydrogens is 258 g/mol. The minimum absolute atomic E-state index is 0.0594. The van der Waals surface area contributed by atoms with Crippen LogP contribution in [0.2, 0.25) is 0 Å². The zero-order valence-electron chi connectivity index (χ0n) is 11.6. The predicted molar refractivity (Wildman–Crippen MR) is 75.0 cm³/mol. The molecule has 1 atom stereocenters. The van der Waals surface area contributed by atoms with E-state index in [0.717, 1.165) is 6.42 Å². The lowest BCUT2D eigenvalue weighted by Crippen LogP contribution is -2.50. The molecule has 0 radical (unpaired) electrons. The smallest absolute Gasteiger partial charge is 0.267 e. The molecule has 1 rings (SSSR count). The number of benzene rings is 1. The summed E-state index contributed by atoms with van der Waals surface area (Å²) in [6.45, 7) is 1.96. The molecule has 6 heteroatoms. The van der Waals surface area contributed by atoms with Crippen LogP contribution in [0.1, 0.15) is 24.0 Å². The summed E-state index contributed by atoms with van der Waals surface area (Å²) in [4.78, 5) is 22.8. The minimum atomic E-state index is -0.896. The second-order valence-electron chi connectivity index (χ2n) is 4.67. The summed E-state index contributed by atoms with van der Waals surface area (Å²) in [7, 11) is 0. The van der Waals surface area contributed by atoms with Crippen LogP contribution in [-0.2, 0) is 16.0 Å². The Morgan fingerprint density at radius 3 is 2.50 bits per heavy atom. The summed E-state index contributed by atoms with van der Waals surface area (Å²) in [6.07, 6.45) is 1.79. The molecular formula is C14H21N3O3. The number of hydrogen-bond acceptors (Lipinski definition) is 4. The van der Waals surface area contributed by atoms with Gasteiger partial charge in [-0.2, -0.15) is 0 Å². The number of carbonyl (C=O) groups is 2. The van der Waals surface area contributed by atoms with Gasteiger partial charge in [-0.1, -0.05) is 29.8 Å². The van der Waals surface area contributed by atoms with Gasteiger partial charge in [0.15, 0.2) is 0 Å². The number of hydrogen-bond donors (Lipinski definition) is 4. The molecule has 0 saturated carbocycles. The second-order valence-corrected chi connectivity index (χ2v) is 4.67. The Hall–Kier alpha value is -1.92. The van der Waals surface area contributed by atoms with E-state index < -0.39 is 11.9 Å². The number of carbonyl (C=O) groups excluding carboxylic acids is 2. The van der Waals surface area contributed by atoms with Crippen LogP contribution in [0.3, 0.4) is 0 Å². The quantitative estimate of drug-likeness (QED) is 0.424. The van der Waals surface area contributed by atoms with E-state index in [1.54, 1.807) is 0 Å². The van der Waals surface area contributed by atoms with Crippen molar-refractivity contribution < 1.29 is 14.8 Å². The van der Waals surface area contributed by atoms with E-state index in [2.05, 4.69) is 5.32 Å². The van der Waals surface area contributed by atoms with Gasteiger partial charge < -0.3 is 11.1 Å². The highest BCUT2D eigenvalue weighted by Crippen LogP contribution is 2.07. The molecule has 0 fully saturated rings. The monoisotopic (exact) mass is 279 g/mol. The molecule has 0 spiro atoms. The van der Waals surface area contributed by atoms with Gasteiger partial charge in [-0.15, -0.1) is 0 Å². The summed E-state index contributed by atoms with van der Waals surface area (Å²) in [5.41, 5.74) is 9.19. The van der Waals surface area contributed by atoms with Crippen LogP contribution < -0.4 is 16.5 Å². The molecule has 0 aliphatic rings. The maximum atomic E-state index is 11.6. The minimum Gasteiger partial charge on any atom is -0.343 e. The molecule has 20 heavy (non-hydrogen) atoms. The first-order valence-corrected chi connectivity index (χ1v) is 6.55. The fraction of sp³-hybridized carbons (Fsp3) is 0.429. The first-order chi connectivity index (χ1) is 9.56. The van der Waals surface area contributed by atoms with E-state index >= 15 is 0 Å². The third kappa shape index (κ3) is 5.38. The van der Waals surface area contributed by atoms with Crippen LogP contribution in [0.15, 0.2) is 24.3 Å². The molecule has 6 nitrogen and oxygen atoms in total. The van der Waals surface area contributed by atoms with Gasteiger partial charge in [-0.25, -0.2) is 5.48 Å². The number of nitrogens with one attached hydrogen (secondary N) is 2. The molecule has 5 N–H and O–H groups in total. The third-order valence-corrected chi connectivity index (χ3v) is 2.99. The Morgan fingerprint density at radius 2 is 1.95 bits per heavy atom. The summed E-state index contributed by atoms with van der Waals surface area (Å²) >= 11 is 0. The summed E-state index contributed by atoms with van der Waals surface area (Å²) < 4.78 is 0. The SMILES string of the molecule is Cc1ccc(CCCC(=O)NC(CN)C(=O)NO)cc1. The van der Waals surface area contributed by atoms with Gasteiger partial charge in [-0.3, -0.25) is 14.8 Å². The first-order valence-electron chi connectivity index (χ1n) is 6.55. The topological polar surface area (TPSA) is 104 Å². The molecule has 0 heterocycles. The van der Waals surface area contributed by atoms with Gasteiger partial charge in [0.25, 0.3) is 5.91 Å². The average Bonchev–Trinajstić information content (AvgIpc) is 2.46. The van der Waals surface area contributed by atoms with Crippen molar-refractivity contribution >= 4 is 11.8 Å². The fourth-order valence-corrected chi connectivity index (χ4v) is 1.78. The van der Waals surface area contributed by atoms with Crippen molar-refractivity contribution in [3.8, 4) is 0 Å². The molecule has 0 bridgehead atoms. The van der Waals surface area contributed by atoms with Crippen LogP contribution in [0.5, 0.6) is 0 Å². The summed E-state index contributed by atoms with van der Waals surface area (Å²) in [5, 5.41) is 11.0. The predicted octanol–water partition coefficient (Wildman–Crippen LogP) is 0.267. The Morgan fingerprint density at radius 1 is 1.30 bits per heavy atom. The molecule has 110 valence electrons. The Labute approximate surface area is 118 Å². The number of amides is 2. The van der Waals surface area contributed by atoms with Crippen LogP contribution in [0.25, 0.3) is 0 Å². The van der Waals surface area contributed by atoms with Crippen molar-refractivity contribution in [1.82, 2.24) is 10.8 Å². The lowest BCUT2D eigenvalue weighted by Gasteiger charge is -2.14. The molecule has 0 aliphatic carbocycles. The van der Waals surface area contributed by atoms with Gasteiger partial charge in [0.1, 0.15) is 6.04 Å². The van der Waals surface area contributed by atoms with E-state index in [-0.39, 0.29) is 12.5 Å². The lowest BCUT2D eigenvalue weighted by atomic mass is 10.1. The van der Waals surface area contributed by atoms with Crippen LogP contribution in [0.4, 0.5) is 0 Å². The highest BCUT2D eigenvalue weighted by Gasteiger charge is 2.17.